The number of ether oxygens (including phenoxy) is 1. The molecule has 1 saturated carbocycles. The van der Waals surface area contributed by atoms with Crippen LogP contribution < -0.4 is 0 Å². The van der Waals surface area contributed by atoms with Crippen LogP contribution in [0.25, 0.3) is 11.2 Å². The third kappa shape index (κ3) is 4.01. The van der Waals surface area contributed by atoms with Gasteiger partial charge in [0.2, 0.25) is 0 Å². The van der Waals surface area contributed by atoms with Crippen LogP contribution in [0.3, 0.4) is 0 Å². The normalized spacial score (nSPS) is 16.5. The van der Waals surface area contributed by atoms with Gasteiger partial charge in [0.15, 0.2) is 0 Å². The Hall–Kier alpha value is -0.496. The van der Waals surface area contributed by atoms with Crippen molar-refractivity contribution in [2.45, 2.75) is 38.3 Å². The van der Waals surface area contributed by atoms with E-state index in [0.29, 0.717) is 30.6 Å². The zero-order valence-electron chi connectivity index (χ0n) is 13.3. The molecule has 10 heteroatoms. The molecular weight excluding hydrogens is 408 g/mol. The molecule has 1 aliphatic carbocycles. The molecule has 24 heavy (non-hydrogen) atoms. The van der Waals surface area contributed by atoms with E-state index in [1.165, 1.54) is 0 Å². The predicted octanol–water partition coefficient (Wildman–Crippen LogP) is 1.56. The summed E-state index contributed by atoms with van der Waals surface area (Å²) in [6.07, 6.45) is 6.01. The third-order valence-corrected chi connectivity index (χ3v) is 4.67. The van der Waals surface area contributed by atoms with Gasteiger partial charge in [0.25, 0.3) is 0 Å². The van der Waals surface area contributed by atoms with Crippen molar-refractivity contribution < 1.29 is 51.8 Å². The van der Waals surface area contributed by atoms with E-state index in [2.05, 4.69) is 27.9 Å². The third-order valence-electron chi connectivity index (χ3n) is 4.20. The Morgan fingerprint density at radius 1 is 1.50 bits per heavy atom. The van der Waals surface area contributed by atoms with Crippen LogP contribution in [-0.2, 0) is 48.6 Å². The summed E-state index contributed by atoms with van der Waals surface area (Å²) in [7, 11) is -4.21. The van der Waals surface area contributed by atoms with Gasteiger partial charge < -0.3 is 29.1 Å². The maximum absolute atomic E-state index is 11.1. The maximum Gasteiger partial charge on any atom is 0.351 e. The van der Waals surface area contributed by atoms with E-state index in [1.54, 1.807) is 6.33 Å². The molecule has 0 spiro atoms. The summed E-state index contributed by atoms with van der Waals surface area (Å²) in [4.78, 5) is 30.5. The van der Waals surface area contributed by atoms with Gasteiger partial charge in [-0.15, -0.1) is 0 Å². The van der Waals surface area contributed by atoms with Gasteiger partial charge in [-0.25, -0.2) is 0 Å². The number of nitrogens with zero attached hydrogens (tertiary/aromatic N) is 4. The molecule has 0 saturated heterocycles. The van der Waals surface area contributed by atoms with Gasteiger partial charge in [0.1, 0.15) is 6.35 Å². The number of aromatic nitrogens is 4. The van der Waals surface area contributed by atoms with Crippen LogP contribution in [0.1, 0.15) is 25.0 Å². The Labute approximate surface area is 164 Å². The van der Waals surface area contributed by atoms with E-state index in [9.17, 15) is 4.57 Å². The van der Waals surface area contributed by atoms with Crippen LogP contribution in [-0.4, -0.2) is 41.3 Å². The number of rotatable bonds is 6. The molecule has 0 aromatic carbocycles. The fourth-order valence-corrected chi connectivity index (χ4v) is 3.13. The summed E-state index contributed by atoms with van der Waals surface area (Å²) >= 11 is 0. The molecular formula is C14H18N4O4PY-. The molecule has 2 aromatic heterocycles. The Balaban J connectivity index is 0.00000208. The Morgan fingerprint density at radius 3 is 2.79 bits per heavy atom. The van der Waals surface area contributed by atoms with Crippen LogP contribution in [0.5, 0.6) is 0 Å². The van der Waals surface area contributed by atoms with E-state index >= 15 is 0 Å². The van der Waals surface area contributed by atoms with Crippen molar-refractivity contribution in [3.05, 3.63) is 30.5 Å². The number of imidazole rings is 1. The van der Waals surface area contributed by atoms with Gasteiger partial charge in [-0.1, -0.05) is 13.5 Å². The average molecular weight is 426 g/mol. The molecule has 8 nitrogen and oxygen atoms in total. The first-order valence-electron chi connectivity index (χ1n) is 7.23. The molecule has 0 amide bonds. The molecule has 0 atom stereocenters. The molecule has 2 N–H and O–H groups in total. The predicted molar refractivity (Wildman–Crippen MR) is 82.6 cm³/mol. The van der Waals surface area contributed by atoms with E-state index in [-0.39, 0.29) is 32.7 Å². The van der Waals surface area contributed by atoms with Gasteiger partial charge in [0.05, 0.1) is 11.9 Å². The molecule has 1 aliphatic rings. The summed E-state index contributed by atoms with van der Waals surface area (Å²) in [5.41, 5.74) is 2.19. The summed E-state index contributed by atoms with van der Waals surface area (Å²) in [5.74, 6) is 0. The minimum absolute atomic E-state index is 0. The van der Waals surface area contributed by atoms with Crippen LogP contribution in [0.4, 0.5) is 0 Å². The topological polar surface area (TPSA) is 110 Å². The first-order chi connectivity index (χ1) is 10.8. The second kappa shape index (κ2) is 7.40. The minimum Gasteiger partial charge on any atom is -0.369 e. The van der Waals surface area contributed by atoms with E-state index in [1.807, 2.05) is 11.5 Å². The Morgan fingerprint density at radius 2 is 2.21 bits per heavy atom. The average Bonchev–Trinajstić information content (AvgIpc) is 2.81. The zero-order chi connectivity index (χ0) is 16.7. The van der Waals surface area contributed by atoms with E-state index in [0.717, 1.165) is 17.7 Å². The number of hydrogen-bond donors (Lipinski definition) is 2. The molecule has 1 fully saturated rings. The van der Waals surface area contributed by atoms with Crippen molar-refractivity contribution in [2.75, 3.05) is 6.35 Å². The quantitative estimate of drug-likeness (QED) is 0.410. The SMILES string of the molecule is C=C(Cn1cnc2c(C)n[c-]nc21)C1(OCP(=O)(O)O)CCC1.[Y]. The zero-order valence-corrected chi connectivity index (χ0v) is 17.1. The van der Waals surface area contributed by atoms with Crippen LogP contribution in [0.15, 0.2) is 18.5 Å². The maximum atomic E-state index is 11.1. The van der Waals surface area contributed by atoms with Crippen LogP contribution >= 0.6 is 7.60 Å². The van der Waals surface area contributed by atoms with Gasteiger partial charge >= 0.3 is 7.60 Å². The van der Waals surface area contributed by atoms with Crippen LogP contribution in [0.2, 0.25) is 0 Å². The van der Waals surface area contributed by atoms with Crippen molar-refractivity contribution in [1.82, 2.24) is 19.5 Å². The largest absolute Gasteiger partial charge is 0.369 e. The van der Waals surface area contributed by atoms with Gasteiger partial charge in [0, 0.05) is 56.7 Å². The molecule has 3 rings (SSSR count). The van der Waals surface area contributed by atoms with E-state index < -0.39 is 19.5 Å². The summed E-state index contributed by atoms with van der Waals surface area (Å²) in [6.45, 7) is 6.33. The second-order valence-corrected chi connectivity index (χ2v) is 7.43. The molecule has 0 bridgehead atoms. The van der Waals surface area contributed by atoms with Crippen molar-refractivity contribution >= 4 is 18.8 Å². The monoisotopic (exact) mass is 426 g/mol. The molecule has 0 aliphatic heterocycles. The summed E-state index contributed by atoms with van der Waals surface area (Å²) < 4.78 is 18.4. The fraction of sp³-hybridized carbons (Fsp3) is 0.500. The smallest absolute Gasteiger partial charge is 0.351 e. The van der Waals surface area contributed by atoms with Crippen molar-refractivity contribution in [1.29, 1.82) is 0 Å². The number of hydrogen-bond acceptors (Lipinski definition) is 5. The van der Waals surface area contributed by atoms with Gasteiger partial charge in [-0.3, -0.25) is 9.55 Å². The molecule has 1 radical (unpaired) electrons. The standard InChI is InChI=1S/C14H18N4O4P.Y/c1-10(14(4-3-5-14)22-9-23(19,20)21)6-18-8-17-12-11(2)15-7-16-13(12)18;/h8H,1,3-6,9H2,2H3,(H2,19,20,21);/q-1;. The molecule has 127 valence electrons. The minimum atomic E-state index is -4.21. The molecule has 2 aromatic rings. The van der Waals surface area contributed by atoms with Crippen molar-refractivity contribution in [3.8, 4) is 0 Å². The van der Waals surface area contributed by atoms with Crippen molar-refractivity contribution in [3.63, 3.8) is 0 Å². The number of fused-ring (bicyclic) bond motifs is 1. The van der Waals surface area contributed by atoms with E-state index in [4.69, 9.17) is 14.5 Å². The first kappa shape index (κ1) is 19.8. The van der Waals surface area contributed by atoms with Crippen molar-refractivity contribution in [2.24, 2.45) is 0 Å². The fourth-order valence-electron chi connectivity index (χ4n) is 2.72. The summed E-state index contributed by atoms with van der Waals surface area (Å²) in [6, 6.07) is 0. The Kier molecular flexibility index (Phi) is 6.11. The number of aryl methyl sites for hydroxylation is 1. The Bertz CT molecular complexity index is 799. The summed E-state index contributed by atoms with van der Waals surface area (Å²) in [5, 5.41) is 0. The van der Waals surface area contributed by atoms with Gasteiger partial charge in [-0.2, -0.15) is 0 Å². The second-order valence-electron chi connectivity index (χ2n) is 5.84. The first-order valence-corrected chi connectivity index (χ1v) is 9.03. The van der Waals surface area contributed by atoms with Gasteiger partial charge in [-0.05, 0) is 30.5 Å². The molecule has 0 unspecified atom stereocenters. The van der Waals surface area contributed by atoms with Crippen LogP contribution in [0, 0.1) is 13.3 Å². The molecule has 2 heterocycles.